The molecule has 1 aliphatic heterocycles. The zero-order valence-corrected chi connectivity index (χ0v) is 21.9. The maximum Gasteiger partial charge on any atom is 0.148 e. The lowest BCUT2D eigenvalue weighted by molar-refractivity contribution is 0.112. The van der Waals surface area contributed by atoms with Crippen LogP contribution >= 0.6 is 0 Å². The molecule has 6 heteroatoms. The molecule has 0 bridgehead atoms. The summed E-state index contributed by atoms with van der Waals surface area (Å²) in [4.78, 5) is 2.84. The molecule has 1 N–H and O–H groups in total. The van der Waals surface area contributed by atoms with E-state index in [9.17, 15) is 0 Å². The Kier molecular flexibility index (Phi) is 6.71. The molecule has 1 saturated heterocycles. The predicted molar refractivity (Wildman–Crippen MR) is 139 cm³/mol. The molecule has 0 radical (unpaired) electrons. The van der Waals surface area contributed by atoms with Crippen molar-refractivity contribution in [3.05, 3.63) is 24.0 Å². The van der Waals surface area contributed by atoms with E-state index in [0.29, 0.717) is 11.5 Å². The van der Waals surface area contributed by atoms with Crippen molar-refractivity contribution in [1.29, 1.82) is 0 Å². The Hall–Kier alpha value is -1.95. The van der Waals surface area contributed by atoms with Crippen LogP contribution in [0.4, 0.5) is 5.82 Å². The highest BCUT2D eigenvalue weighted by Crippen LogP contribution is 2.46. The van der Waals surface area contributed by atoms with Gasteiger partial charge in [0.1, 0.15) is 5.82 Å². The largest absolute Gasteiger partial charge is 0.366 e. The SMILES string of the molecule is CCC1(CN2C[C@H]3C[C@H](Nc4ccc(-c5cn(C)nc5C)nn4)C[C@H]3C2)CC(C)CCC(C)C1. The Bertz CT molecular complexity index is 940. The van der Waals surface area contributed by atoms with E-state index >= 15 is 0 Å². The summed E-state index contributed by atoms with van der Waals surface area (Å²) >= 11 is 0. The van der Waals surface area contributed by atoms with E-state index in [4.69, 9.17) is 0 Å². The molecule has 2 aromatic rings. The normalized spacial score (nSPS) is 34.2. The minimum atomic E-state index is 0.524. The fraction of sp³-hybridized carbons (Fsp3) is 0.750. The van der Waals surface area contributed by atoms with Crippen LogP contribution in [-0.4, -0.2) is 50.6 Å². The predicted octanol–water partition coefficient (Wildman–Crippen LogP) is 5.55. The number of anilines is 1. The van der Waals surface area contributed by atoms with Crippen molar-refractivity contribution in [1.82, 2.24) is 24.9 Å². The number of nitrogens with zero attached hydrogens (tertiary/aromatic N) is 5. The monoisotopic (exact) mass is 464 g/mol. The van der Waals surface area contributed by atoms with Crippen molar-refractivity contribution in [3.8, 4) is 11.3 Å². The second kappa shape index (κ2) is 9.60. The molecule has 2 unspecified atom stereocenters. The van der Waals surface area contributed by atoms with Gasteiger partial charge in [0.25, 0.3) is 0 Å². The second-order valence-corrected chi connectivity index (χ2v) is 12.2. The highest BCUT2D eigenvalue weighted by Gasteiger charge is 2.44. The van der Waals surface area contributed by atoms with Gasteiger partial charge in [-0.3, -0.25) is 4.68 Å². The Morgan fingerprint density at radius 1 is 1.03 bits per heavy atom. The lowest BCUT2D eigenvalue weighted by atomic mass is 9.73. The van der Waals surface area contributed by atoms with Gasteiger partial charge in [-0.1, -0.05) is 33.6 Å². The van der Waals surface area contributed by atoms with Gasteiger partial charge in [-0.2, -0.15) is 5.10 Å². The summed E-state index contributed by atoms with van der Waals surface area (Å²) < 4.78 is 1.83. The highest BCUT2D eigenvalue weighted by atomic mass is 15.3. The lowest BCUT2D eigenvalue weighted by Gasteiger charge is -2.38. The molecule has 3 fully saturated rings. The van der Waals surface area contributed by atoms with Crippen molar-refractivity contribution >= 4 is 5.82 Å². The number of likely N-dealkylation sites (tertiary alicyclic amines) is 1. The Balaban J connectivity index is 1.15. The van der Waals surface area contributed by atoms with E-state index in [2.05, 4.69) is 58.4 Å². The minimum absolute atomic E-state index is 0.524. The minimum Gasteiger partial charge on any atom is -0.366 e. The highest BCUT2D eigenvalue weighted by molar-refractivity contribution is 5.61. The van der Waals surface area contributed by atoms with Gasteiger partial charge in [0.15, 0.2) is 0 Å². The first-order valence-electron chi connectivity index (χ1n) is 13.7. The molecule has 0 amide bonds. The van der Waals surface area contributed by atoms with Crippen LogP contribution in [0.15, 0.2) is 18.3 Å². The first-order valence-corrected chi connectivity index (χ1v) is 13.7. The van der Waals surface area contributed by atoms with Crippen LogP contribution in [0.25, 0.3) is 11.3 Å². The molecule has 5 atom stereocenters. The number of hydrogen-bond donors (Lipinski definition) is 1. The molecule has 5 rings (SSSR count). The topological polar surface area (TPSA) is 58.9 Å². The maximum atomic E-state index is 4.49. The summed E-state index contributed by atoms with van der Waals surface area (Å²) in [7, 11) is 1.94. The van der Waals surface area contributed by atoms with Gasteiger partial charge in [-0.15, -0.1) is 10.2 Å². The molecular formula is C28H44N6. The average molecular weight is 465 g/mol. The first-order chi connectivity index (χ1) is 16.3. The molecule has 6 nitrogen and oxygen atoms in total. The number of rotatable bonds is 6. The van der Waals surface area contributed by atoms with Crippen molar-refractivity contribution in [2.75, 3.05) is 25.0 Å². The molecule has 186 valence electrons. The van der Waals surface area contributed by atoms with Gasteiger partial charge >= 0.3 is 0 Å². The summed E-state index contributed by atoms with van der Waals surface area (Å²) in [6, 6.07) is 4.67. The van der Waals surface area contributed by atoms with Crippen LogP contribution in [0.5, 0.6) is 0 Å². The molecule has 2 aliphatic carbocycles. The number of nitrogens with one attached hydrogen (secondary N) is 1. The van der Waals surface area contributed by atoms with Gasteiger partial charge in [0.2, 0.25) is 0 Å². The van der Waals surface area contributed by atoms with Crippen molar-refractivity contribution in [3.63, 3.8) is 0 Å². The zero-order valence-electron chi connectivity index (χ0n) is 21.9. The molecule has 2 saturated carbocycles. The second-order valence-electron chi connectivity index (χ2n) is 12.2. The molecular weight excluding hydrogens is 420 g/mol. The van der Waals surface area contributed by atoms with Crippen molar-refractivity contribution in [2.45, 2.75) is 78.7 Å². The fourth-order valence-corrected chi connectivity index (χ4v) is 7.60. The van der Waals surface area contributed by atoms with E-state index in [1.54, 1.807) is 0 Å². The first kappa shape index (κ1) is 23.8. The van der Waals surface area contributed by atoms with E-state index < -0.39 is 0 Å². The van der Waals surface area contributed by atoms with Gasteiger partial charge in [-0.05, 0) is 80.2 Å². The van der Waals surface area contributed by atoms with Gasteiger partial charge in [0, 0.05) is 44.5 Å². The molecule has 2 aromatic heterocycles. The van der Waals surface area contributed by atoms with Crippen LogP contribution < -0.4 is 5.32 Å². The number of hydrogen-bond acceptors (Lipinski definition) is 5. The van der Waals surface area contributed by atoms with Crippen LogP contribution in [0.2, 0.25) is 0 Å². The number of aryl methyl sites for hydroxylation is 2. The molecule has 3 heterocycles. The summed E-state index contributed by atoms with van der Waals surface area (Å²) in [5, 5.41) is 17.1. The van der Waals surface area contributed by atoms with Crippen molar-refractivity contribution in [2.24, 2.45) is 36.1 Å². The van der Waals surface area contributed by atoms with Crippen LogP contribution in [0.3, 0.4) is 0 Å². The maximum absolute atomic E-state index is 4.49. The number of aromatic nitrogens is 4. The summed E-state index contributed by atoms with van der Waals surface area (Å²) in [5.74, 6) is 4.33. The number of fused-ring (bicyclic) bond motifs is 1. The smallest absolute Gasteiger partial charge is 0.148 e. The summed E-state index contributed by atoms with van der Waals surface area (Å²) in [6.07, 6.45) is 11.6. The van der Waals surface area contributed by atoms with Crippen LogP contribution in [0.1, 0.15) is 71.4 Å². The Labute approximate surface area is 205 Å². The van der Waals surface area contributed by atoms with Crippen molar-refractivity contribution < 1.29 is 0 Å². The average Bonchev–Trinajstić information content (AvgIpc) is 3.41. The van der Waals surface area contributed by atoms with Crippen LogP contribution in [-0.2, 0) is 7.05 Å². The third-order valence-electron chi connectivity index (χ3n) is 9.16. The molecule has 34 heavy (non-hydrogen) atoms. The lowest BCUT2D eigenvalue weighted by Crippen LogP contribution is -2.38. The van der Waals surface area contributed by atoms with Gasteiger partial charge in [-0.25, -0.2) is 0 Å². The van der Waals surface area contributed by atoms with Gasteiger partial charge < -0.3 is 10.2 Å². The zero-order chi connectivity index (χ0) is 23.9. The molecule has 3 aliphatic rings. The van der Waals surface area contributed by atoms with E-state index in [1.165, 1.54) is 64.6 Å². The van der Waals surface area contributed by atoms with Crippen LogP contribution in [0, 0.1) is 36.0 Å². The Morgan fingerprint density at radius 2 is 1.71 bits per heavy atom. The standard InChI is InChI=1S/C28H44N6/c1-6-28(13-19(2)7-8-20(3)14-28)18-34-15-22-11-24(12-23(22)16-34)29-27-10-9-26(30-31-27)25-17-33(5)32-21(25)4/h9-10,17,19-20,22-24H,6-8,11-16,18H2,1-5H3,(H,29,31)/t19?,20?,22-,23+,24+,28?. The molecule has 0 spiro atoms. The van der Waals surface area contributed by atoms with E-state index in [-0.39, 0.29) is 0 Å². The van der Waals surface area contributed by atoms with Gasteiger partial charge in [0.05, 0.1) is 11.4 Å². The third kappa shape index (κ3) is 5.02. The molecule has 0 aromatic carbocycles. The Morgan fingerprint density at radius 3 is 2.24 bits per heavy atom. The summed E-state index contributed by atoms with van der Waals surface area (Å²) in [6.45, 7) is 13.3. The van der Waals surface area contributed by atoms with E-state index in [0.717, 1.165) is 46.4 Å². The fourth-order valence-electron chi connectivity index (χ4n) is 7.60. The third-order valence-corrected chi connectivity index (χ3v) is 9.16. The van der Waals surface area contributed by atoms with E-state index in [1.807, 2.05) is 24.9 Å². The summed E-state index contributed by atoms with van der Waals surface area (Å²) in [5.41, 5.74) is 3.47. The quantitative estimate of drug-likeness (QED) is 0.568.